The summed E-state index contributed by atoms with van der Waals surface area (Å²) in [7, 11) is 0. The molecule has 22 aromatic rings. The summed E-state index contributed by atoms with van der Waals surface area (Å²) < 4.78 is 0. The number of pyridine rings is 8. The van der Waals surface area contributed by atoms with Gasteiger partial charge in [-0.05, 0) is 211 Å². The van der Waals surface area contributed by atoms with E-state index in [1.54, 1.807) is 74.4 Å². The first kappa shape index (κ1) is 112. The number of aromatic nitrogens is 32. The second-order valence-corrected chi connectivity index (χ2v) is 36.2. The number of hydrogen-bond acceptors (Lipinski definition) is 22. The second-order valence-electron chi connectivity index (χ2n) is 36.2. The van der Waals surface area contributed by atoms with Gasteiger partial charge in [0.15, 0.2) is 0 Å². The van der Waals surface area contributed by atoms with Crippen molar-refractivity contribution in [3.8, 4) is 114 Å². The van der Waals surface area contributed by atoms with Gasteiger partial charge in [-0.3, -0.25) is 59.8 Å². The van der Waals surface area contributed by atoms with Crippen LogP contribution >= 0.6 is 0 Å². The molecule has 20 heterocycles. The van der Waals surface area contributed by atoms with Crippen LogP contribution in [-0.4, -0.2) is 111 Å². The van der Waals surface area contributed by atoms with E-state index in [1.807, 2.05) is 238 Å². The average molecular weight is 2850 g/mol. The van der Waals surface area contributed by atoms with E-state index in [1.165, 1.54) is 69.7 Å². The minimum Gasteiger partial charge on any atom is -0.574 e. The normalized spacial score (nSPS) is 15.2. The molecule has 0 radical (unpaired) electrons. The van der Waals surface area contributed by atoms with E-state index in [2.05, 4.69) is 252 Å². The summed E-state index contributed by atoms with van der Waals surface area (Å²) in [6.45, 7) is 29.6. The van der Waals surface area contributed by atoms with Gasteiger partial charge < -0.3 is 102 Å². The van der Waals surface area contributed by atoms with E-state index in [0.717, 1.165) is 159 Å². The van der Waals surface area contributed by atoms with Gasteiger partial charge in [-0.2, -0.15) is 0 Å². The van der Waals surface area contributed by atoms with Crippen molar-refractivity contribution in [2.24, 2.45) is 10.8 Å². The Kier molecular flexibility index (Phi) is 38.9. The molecule has 0 amide bonds. The number of benzene rings is 2. The molecule has 26 rings (SSSR count). The van der Waals surface area contributed by atoms with Gasteiger partial charge in [0.25, 0.3) is 0 Å². The van der Waals surface area contributed by atoms with Gasteiger partial charge in [0.1, 0.15) is 0 Å². The van der Waals surface area contributed by atoms with Crippen molar-refractivity contribution < 1.29 is 105 Å². The summed E-state index contributed by atoms with van der Waals surface area (Å²) in [6.07, 6.45) is 29.2. The maximum absolute atomic E-state index is 4.68. The zero-order valence-electron chi connectivity index (χ0n) is 82.7. The topological polar surface area (TPSA) is 425 Å². The number of nitrogens with zero attached hydrogens (tertiary/aromatic N) is 32. The van der Waals surface area contributed by atoms with E-state index in [-0.39, 0.29) is 127 Å². The Morgan fingerprint density at radius 3 is 0.653 bits per heavy atom. The largest absolute Gasteiger partial charge is 2.00 e. The van der Waals surface area contributed by atoms with Crippen molar-refractivity contribution >= 4 is 21.5 Å². The van der Waals surface area contributed by atoms with Crippen LogP contribution in [0.15, 0.2) is 305 Å². The molecule has 4 atom stereocenters. The van der Waals surface area contributed by atoms with Crippen LogP contribution in [0.3, 0.4) is 0 Å². The molecule has 2 saturated carbocycles. The Morgan fingerprint density at radius 1 is 0.218 bits per heavy atom. The summed E-state index contributed by atoms with van der Waals surface area (Å²) in [5.74, 6) is 1.11. The number of fused-ring (bicyclic) bond motifs is 12. The van der Waals surface area contributed by atoms with Gasteiger partial charge in [-0.1, -0.05) is 232 Å². The molecule has 4 unspecified atom stereocenters. The van der Waals surface area contributed by atoms with Crippen LogP contribution in [0.2, 0.25) is 0 Å². The number of aryl methyl sites for hydroxylation is 8. The first-order chi connectivity index (χ1) is 68.9. The van der Waals surface area contributed by atoms with E-state index in [4.69, 9.17) is 0 Å². The summed E-state index contributed by atoms with van der Waals surface area (Å²) in [4.78, 5) is 50.4. The molecular weight excluding hydrogens is 2740 g/mol. The van der Waals surface area contributed by atoms with E-state index < -0.39 is 0 Å². The minimum atomic E-state index is 0. The molecule has 2 fully saturated rings. The first-order valence-corrected chi connectivity index (χ1v) is 46.5. The minimum absolute atomic E-state index is 0. The first-order valence-electron chi connectivity index (χ1n) is 46.5. The van der Waals surface area contributed by atoms with Crippen LogP contribution in [0.4, 0.5) is 0 Å². The summed E-state index contributed by atoms with van der Waals surface area (Å²) in [5, 5.41) is 86.0. The van der Waals surface area contributed by atoms with Gasteiger partial charge in [0, 0.05) is 187 Å². The van der Waals surface area contributed by atoms with E-state index in [0.29, 0.717) is 11.8 Å². The molecule has 32 nitrogen and oxygen atoms in total. The Hall–Kier alpha value is -14.1. The van der Waals surface area contributed by atoms with Crippen LogP contribution in [0, 0.1) is 66.2 Å². The number of hydrogen-bond donors (Lipinski definition) is 0. The van der Waals surface area contributed by atoms with Gasteiger partial charge >= 0.3 is 105 Å². The van der Waals surface area contributed by atoms with Crippen molar-refractivity contribution in [3.05, 3.63) is 373 Å². The molecule has 4 aliphatic rings. The Bertz CT molecular complexity index is 6740. The van der Waals surface area contributed by atoms with E-state index >= 15 is 0 Å². The van der Waals surface area contributed by atoms with Crippen molar-refractivity contribution in [3.63, 3.8) is 0 Å². The molecule has 0 spiro atoms. The SMILES string of the molecule is CC12CCC(c3c1n[n-]c3-c1cc3ccccc3cn1)C2(C)C.CC12CCC(c3c1n[n-]c3-c1cc3ccccc3cn1)C2(C)C.Cc1cc(-c2ccccn2)[n-]n1.Cc1cc(-c2ccccn2)[n-]n1.Cc1cc(-c2ccccn2)[n-]n1.Cc1cc(-c2ccccn2)[n-]n1.Cc1cc(-c2ccccn2)[n-]n1.Cc1cc(-c2ccccn2)[n-]n1.Cc1cc(-c2cnccn2)[n-]n1.Cc1cc(-c2cnccn2)[n-]n1.[Pt+2].[Pt+2].[Pt+2].[Pt+2].[Pt+2]. The molecule has 4 bridgehead atoms. The van der Waals surface area contributed by atoms with Crippen LogP contribution in [-0.2, 0) is 116 Å². The molecule has 752 valence electrons. The predicted molar refractivity (Wildman–Crippen MR) is 543 cm³/mol. The van der Waals surface area contributed by atoms with Gasteiger partial charge in [0.2, 0.25) is 0 Å². The molecular formula is C110H102N32Pt5. The Balaban J connectivity index is 0.000000147. The zero-order valence-corrected chi connectivity index (χ0v) is 94.1. The standard InChI is InChI=1S/2C20H20N3.6C9H8N3.2C8H7N4.5Pt/c2*1-19(2)14-8-9-20(19,3)18-16(14)17(22-23-18)15-10-12-6-4-5-7-13(12)11-21-15;6*1-7-6-9(12-11-7)8-4-2-3-5-10-8;2*1-6-4-7(12-11-6)8-5-9-2-3-10-8;;;;;/h2*4-7,10-11,14H,8-9H2,1-3H3;6*2-6H,1H3;2*2-5H,1H3;;;;;/q10*-1;5*+2. The van der Waals surface area contributed by atoms with Gasteiger partial charge in [-0.15, -0.1) is 0 Å². The van der Waals surface area contributed by atoms with E-state index in [9.17, 15) is 0 Å². The van der Waals surface area contributed by atoms with Crippen molar-refractivity contribution in [2.75, 3.05) is 0 Å². The monoisotopic (exact) mass is 2850 g/mol. The van der Waals surface area contributed by atoms with Crippen LogP contribution in [0.5, 0.6) is 0 Å². The van der Waals surface area contributed by atoms with Crippen LogP contribution in [0.25, 0.3) is 135 Å². The zero-order chi connectivity index (χ0) is 98.8. The maximum Gasteiger partial charge on any atom is 2.00 e. The molecule has 0 saturated heterocycles. The fourth-order valence-electron chi connectivity index (χ4n) is 17.8. The summed E-state index contributed by atoms with van der Waals surface area (Å²) >= 11 is 0. The third-order valence-electron chi connectivity index (χ3n) is 26.0. The average Bonchev–Trinajstić information content (AvgIpc) is 1.52. The second kappa shape index (κ2) is 51.3. The quantitative estimate of drug-likeness (QED) is 0.123. The summed E-state index contributed by atoms with van der Waals surface area (Å²) in [6, 6.07) is 70.7. The predicted octanol–water partition coefficient (Wildman–Crippen LogP) is 18.9. The van der Waals surface area contributed by atoms with Gasteiger partial charge in [-0.25, -0.2) is 0 Å². The Morgan fingerprint density at radius 2 is 0.442 bits per heavy atom. The molecule has 20 aromatic heterocycles. The van der Waals surface area contributed by atoms with Crippen LogP contribution < -0.4 is 51.0 Å². The molecule has 0 aliphatic heterocycles. The smallest absolute Gasteiger partial charge is 0.574 e. The fraction of sp³-hybridized carbons (Fsp3) is 0.218. The van der Waals surface area contributed by atoms with Gasteiger partial charge in [0.05, 0.1) is 35.2 Å². The Labute approximate surface area is 923 Å². The van der Waals surface area contributed by atoms with Crippen molar-refractivity contribution in [1.82, 2.24) is 162 Å². The summed E-state index contributed by atoms with van der Waals surface area (Å²) in [5.41, 5.74) is 30.7. The molecule has 2 aromatic carbocycles. The maximum atomic E-state index is 4.68. The van der Waals surface area contributed by atoms with Crippen molar-refractivity contribution in [1.29, 1.82) is 0 Å². The molecule has 0 N–H and O–H groups in total. The van der Waals surface area contributed by atoms with Crippen LogP contribution in [0.1, 0.15) is 147 Å². The molecule has 4 aliphatic carbocycles. The molecule has 147 heavy (non-hydrogen) atoms. The number of rotatable bonds is 10. The molecule has 37 heteroatoms. The third kappa shape index (κ3) is 26.5. The third-order valence-corrected chi connectivity index (χ3v) is 26.0. The van der Waals surface area contributed by atoms with Crippen molar-refractivity contribution in [2.45, 2.75) is 145 Å². The fourth-order valence-corrected chi connectivity index (χ4v) is 17.8.